The minimum atomic E-state index is -1.28. The van der Waals surface area contributed by atoms with Gasteiger partial charge in [0.15, 0.2) is 29.0 Å². The van der Waals surface area contributed by atoms with Gasteiger partial charge in [0, 0.05) is 19.5 Å². The molecule has 1 aliphatic heterocycles. The van der Waals surface area contributed by atoms with E-state index in [-0.39, 0.29) is 17.9 Å². The number of aromatic nitrogens is 5. The van der Waals surface area contributed by atoms with Gasteiger partial charge in [-0.05, 0) is 23.9 Å². The number of nitrogens with zero attached hydrogens (tertiary/aromatic N) is 6. The van der Waals surface area contributed by atoms with E-state index in [0.29, 0.717) is 35.7 Å². The molecule has 0 aromatic carbocycles. The Bertz CT molecular complexity index is 1150. The molecule has 4 N–H and O–H groups in total. The highest BCUT2D eigenvalue weighted by atomic mass is 35.5. The van der Waals surface area contributed by atoms with Gasteiger partial charge in [-0.2, -0.15) is 9.97 Å². The van der Waals surface area contributed by atoms with Crippen molar-refractivity contribution in [3.8, 4) is 0 Å². The number of aliphatic hydroxyl groups is 3. The average Bonchev–Trinajstić information content (AvgIpc) is 3.49. The fraction of sp³-hybridized carbons (Fsp3) is 0.571. The minimum Gasteiger partial charge on any atom is -0.481 e. The first kappa shape index (κ1) is 26.8. The second-order valence-electron chi connectivity index (χ2n) is 8.42. The van der Waals surface area contributed by atoms with E-state index in [1.54, 1.807) is 11.0 Å². The molecule has 0 radical (unpaired) electrons. The van der Waals surface area contributed by atoms with Gasteiger partial charge in [-0.3, -0.25) is 9.36 Å². The van der Waals surface area contributed by atoms with Crippen molar-refractivity contribution in [3.63, 3.8) is 0 Å². The maximum absolute atomic E-state index is 10.7. The summed E-state index contributed by atoms with van der Waals surface area (Å²) in [6.07, 6.45) is -2.32. The Hall–Kier alpha value is -2.84. The second-order valence-corrected chi connectivity index (χ2v) is 8.76. The van der Waals surface area contributed by atoms with Crippen LogP contribution in [0.2, 0.25) is 5.28 Å². The Kier molecular flexibility index (Phi) is 8.61. The van der Waals surface area contributed by atoms with Crippen LogP contribution in [0, 0.1) is 5.92 Å². The van der Waals surface area contributed by atoms with E-state index in [0.717, 1.165) is 12.6 Å². The quantitative estimate of drug-likeness (QED) is 0.265. The van der Waals surface area contributed by atoms with Crippen LogP contribution in [-0.2, 0) is 16.0 Å². The molecule has 3 aromatic heterocycles. The van der Waals surface area contributed by atoms with Crippen molar-refractivity contribution in [2.45, 2.75) is 58.7 Å². The van der Waals surface area contributed by atoms with E-state index in [2.05, 4.69) is 20.1 Å². The van der Waals surface area contributed by atoms with E-state index in [1.807, 2.05) is 20.8 Å². The van der Waals surface area contributed by atoms with Gasteiger partial charge in [0.25, 0.3) is 5.97 Å². The van der Waals surface area contributed by atoms with Crippen LogP contribution in [0.4, 0.5) is 5.82 Å². The first-order valence-electron chi connectivity index (χ1n) is 11.0. The molecule has 4 heterocycles. The average molecular weight is 513 g/mol. The third-order valence-corrected chi connectivity index (χ3v) is 5.33. The van der Waals surface area contributed by atoms with Crippen LogP contribution in [0.25, 0.3) is 11.2 Å². The number of anilines is 1. The molecule has 1 saturated heterocycles. The van der Waals surface area contributed by atoms with Crippen LogP contribution < -0.4 is 4.90 Å². The zero-order valence-electron chi connectivity index (χ0n) is 19.7. The number of hydrogen-bond acceptors (Lipinski definition) is 11. The van der Waals surface area contributed by atoms with Crippen molar-refractivity contribution in [1.82, 2.24) is 24.7 Å². The fourth-order valence-corrected chi connectivity index (χ4v) is 3.85. The van der Waals surface area contributed by atoms with E-state index in [9.17, 15) is 15.3 Å². The maximum atomic E-state index is 10.7. The Morgan fingerprint density at radius 2 is 1.97 bits per heavy atom. The summed E-state index contributed by atoms with van der Waals surface area (Å²) in [6, 6.07) is 1.69. The third kappa shape index (κ3) is 5.87. The smallest absolute Gasteiger partial charge is 0.300 e. The summed E-state index contributed by atoms with van der Waals surface area (Å²) >= 11 is 6.16. The maximum Gasteiger partial charge on any atom is 0.300 e. The molecule has 192 valence electrons. The summed E-state index contributed by atoms with van der Waals surface area (Å²) in [5, 5.41) is 42.4. The highest BCUT2D eigenvalue weighted by molar-refractivity contribution is 6.28. The highest BCUT2D eigenvalue weighted by Gasteiger charge is 2.47. The number of hydrogen-bond donors (Lipinski definition) is 4. The predicted molar refractivity (Wildman–Crippen MR) is 124 cm³/mol. The molecule has 0 amide bonds. The summed E-state index contributed by atoms with van der Waals surface area (Å²) in [5.74, 6) is 0.119. The predicted octanol–water partition coefficient (Wildman–Crippen LogP) is 1.53. The van der Waals surface area contributed by atoms with Gasteiger partial charge < -0.3 is 34.6 Å². The number of rotatable bonds is 7. The lowest BCUT2D eigenvalue weighted by atomic mass is 10.1. The Morgan fingerprint density at radius 3 is 2.54 bits per heavy atom. The Morgan fingerprint density at radius 1 is 1.29 bits per heavy atom. The normalized spacial score (nSPS) is 21.9. The SMILES string of the molecule is CC(=O)O.CCc1cc([C@H]2O[C@@H](n3cnc4c(N(CO)CC(C)C)nc(Cl)nc43)[C@H](O)[C@@H]2O)on1. The Labute approximate surface area is 205 Å². The molecular formula is C21H29ClN6O7. The zero-order chi connectivity index (χ0) is 25.9. The summed E-state index contributed by atoms with van der Waals surface area (Å²) in [4.78, 5) is 23.5. The molecule has 13 nitrogen and oxygen atoms in total. The summed E-state index contributed by atoms with van der Waals surface area (Å²) in [6.45, 7) is 7.29. The molecule has 1 aliphatic rings. The number of aliphatic carboxylic acids is 1. The summed E-state index contributed by atoms with van der Waals surface area (Å²) in [7, 11) is 0. The first-order valence-corrected chi connectivity index (χ1v) is 11.4. The number of aryl methyl sites for hydroxylation is 1. The molecule has 35 heavy (non-hydrogen) atoms. The first-order chi connectivity index (χ1) is 16.6. The van der Waals surface area contributed by atoms with Crippen LogP contribution >= 0.6 is 11.6 Å². The van der Waals surface area contributed by atoms with Crippen molar-refractivity contribution < 1.29 is 34.5 Å². The molecular weight excluding hydrogens is 484 g/mol. The van der Waals surface area contributed by atoms with E-state index in [1.165, 1.54) is 10.9 Å². The molecule has 3 aromatic rings. The van der Waals surface area contributed by atoms with Gasteiger partial charge in [-0.15, -0.1) is 0 Å². The van der Waals surface area contributed by atoms with Gasteiger partial charge >= 0.3 is 0 Å². The number of carboxylic acid groups (broad SMARTS) is 1. The van der Waals surface area contributed by atoms with Crippen molar-refractivity contribution in [2.24, 2.45) is 5.92 Å². The van der Waals surface area contributed by atoms with E-state index >= 15 is 0 Å². The monoisotopic (exact) mass is 512 g/mol. The lowest BCUT2D eigenvalue weighted by Crippen LogP contribution is -2.30. The molecule has 4 atom stereocenters. The van der Waals surface area contributed by atoms with Gasteiger partial charge in [0.05, 0.1) is 12.0 Å². The highest BCUT2D eigenvalue weighted by Crippen LogP contribution is 2.40. The Balaban J connectivity index is 0.000000795. The molecule has 0 aliphatic carbocycles. The van der Waals surface area contributed by atoms with Gasteiger partial charge in [-0.1, -0.05) is 25.9 Å². The number of fused-ring (bicyclic) bond motifs is 1. The molecule has 14 heteroatoms. The lowest BCUT2D eigenvalue weighted by molar-refractivity contribution is -0.134. The van der Waals surface area contributed by atoms with Crippen molar-refractivity contribution in [1.29, 1.82) is 0 Å². The van der Waals surface area contributed by atoms with E-state index in [4.69, 9.17) is 30.8 Å². The van der Waals surface area contributed by atoms with Crippen molar-refractivity contribution >= 4 is 34.6 Å². The number of aliphatic hydroxyl groups excluding tert-OH is 3. The molecule has 0 spiro atoms. The van der Waals surface area contributed by atoms with Crippen LogP contribution in [0.5, 0.6) is 0 Å². The zero-order valence-corrected chi connectivity index (χ0v) is 20.5. The summed E-state index contributed by atoms with van der Waals surface area (Å²) < 4.78 is 12.7. The van der Waals surface area contributed by atoms with Gasteiger partial charge in [0.1, 0.15) is 25.0 Å². The molecule has 0 unspecified atom stereocenters. The standard InChI is InChI=1S/C19H25ClN6O5.C2H4O2/c1-4-10-5-11(31-24-10)15-13(28)14(29)18(30-15)26-7-21-12-16(22-19(20)23-17(12)26)25(8-27)6-9(2)3;1-2(3)4/h5,7,9,13-15,18,27-29H,4,6,8H2,1-3H3;1H3,(H,3,4)/t13-,14+,15+,18+;/m0./s1. The number of halogens is 1. The van der Waals surface area contributed by atoms with Crippen LogP contribution in [0.15, 0.2) is 16.9 Å². The molecule has 0 saturated carbocycles. The van der Waals surface area contributed by atoms with Gasteiger partial charge in [-0.25, -0.2) is 4.98 Å². The van der Waals surface area contributed by atoms with Crippen LogP contribution in [0.3, 0.4) is 0 Å². The third-order valence-electron chi connectivity index (χ3n) is 5.16. The molecule has 1 fully saturated rings. The number of imidazole rings is 1. The molecule has 0 bridgehead atoms. The lowest BCUT2D eigenvalue weighted by Gasteiger charge is -2.23. The summed E-state index contributed by atoms with van der Waals surface area (Å²) in [5.41, 5.74) is 1.41. The van der Waals surface area contributed by atoms with Gasteiger partial charge in [0.2, 0.25) is 5.28 Å². The number of carboxylic acids is 1. The number of ether oxygens (including phenoxy) is 1. The van der Waals surface area contributed by atoms with E-state index < -0.39 is 30.5 Å². The number of carbonyl (C=O) groups is 1. The van der Waals surface area contributed by atoms with Crippen LogP contribution in [-0.4, -0.2) is 76.6 Å². The topological polar surface area (TPSA) is 180 Å². The fourth-order valence-electron chi connectivity index (χ4n) is 3.69. The van der Waals surface area contributed by atoms with Crippen molar-refractivity contribution in [2.75, 3.05) is 18.2 Å². The minimum absolute atomic E-state index is 0.0427. The van der Waals surface area contributed by atoms with Crippen LogP contribution in [0.1, 0.15) is 51.5 Å². The largest absolute Gasteiger partial charge is 0.481 e. The molecule has 4 rings (SSSR count). The second kappa shape index (κ2) is 11.3. The van der Waals surface area contributed by atoms with Crippen molar-refractivity contribution in [3.05, 3.63) is 29.1 Å².